The van der Waals surface area contributed by atoms with Crippen LogP contribution in [0.1, 0.15) is 0 Å². The van der Waals surface area contributed by atoms with Gasteiger partial charge in [0.1, 0.15) is 33.5 Å². The molecule has 0 aliphatic rings. The fraction of sp³-hybridized carbons (Fsp3) is 0. The second-order valence-electron chi connectivity index (χ2n) is 17.4. The van der Waals surface area contributed by atoms with Crippen LogP contribution < -0.4 is 0 Å². The van der Waals surface area contributed by atoms with E-state index in [1.807, 2.05) is 72.8 Å². The lowest BCUT2D eigenvalue weighted by Crippen LogP contribution is -2.02. The largest absolute Gasteiger partial charge is 0.456 e. The molecule has 0 aliphatic carbocycles. The summed E-state index contributed by atoms with van der Waals surface area (Å²) in [6, 6.07) is 71.5. The van der Waals surface area contributed by atoms with Gasteiger partial charge in [0.2, 0.25) is 0 Å². The smallest absolute Gasteiger partial charge is 0.164 e. The van der Waals surface area contributed by atoms with Crippen molar-refractivity contribution >= 4 is 98.4 Å². The van der Waals surface area contributed by atoms with Gasteiger partial charge >= 0.3 is 0 Å². The summed E-state index contributed by atoms with van der Waals surface area (Å²) < 4.78 is 22.0. The molecule has 0 radical (unpaired) electrons. The topological polar surface area (TPSA) is 83.0 Å². The molecule has 0 N–H and O–H groups in total. The molecule has 0 saturated heterocycles. The van der Waals surface area contributed by atoms with E-state index in [9.17, 15) is 0 Å². The minimum Gasteiger partial charge on any atom is -0.456 e. The Morgan fingerprint density at radius 2 is 0.824 bits per heavy atom. The molecule has 15 aromatic rings. The minimum absolute atomic E-state index is 0.525. The molecule has 0 amide bonds. The molecule has 0 fully saturated rings. The van der Waals surface area contributed by atoms with Gasteiger partial charge in [-0.15, -0.1) is 0 Å². The number of benzene rings is 10. The standard InChI is InChI=1S/C61H34N4O3/c1-2-15-36-34-50-46(32-35(36)14-1)38-16-3-7-24-48(38)65(50)49-31-30-37(33-47(49)41-21-11-20-40-39-17-4-8-25-51(39)68-58(40)41)59-62-60(44-22-12-28-54-56(44)42-18-5-9-26-52(42)66-54)64-61(63-59)45-23-13-29-55-57(45)43-19-6-10-27-53(43)67-55/h1-34H. The highest BCUT2D eigenvalue weighted by Gasteiger charge is 2.24. The lowest BCUT2D eigenvalue weighted by atomic mass is 9.97. The molecule has 5 aromatic heterocycles. The van der Waals surface area contributed by atoms with E-state index in [4.69, 9.17) is 28.2 Å². The van der Waals surface area contributed by atoms with Crippen molar-refractivity contribution in [1.29, 1.82) is 0 Å². The van der Waals surface area contributed by atoms with Gasteiger partial charge in [-0.2, -0.15) is 0 Å². The van der Waals surface area contributed by atoms with E-state index in [1.54, 1.807) is 0 Å². The zero-order valence-electron chi connectivity index (χ0n) is 36.1. The summed E-state index contributed by atoms with van der Waals surface area (Å²) in [5.41, 5.74) is 12.5. The molecular weight excluding hydrogens is 837 g/mol. The SMILES string of the molecule is c1ccc2cc3c(cc2c1)c1ccccc1n3-c1ccc(-c2nc(-c3cccc4oc5ccccc5c34)nc(-c3cccc4oc5ccccc5c34)n2)cc1-c1cccc2c1oc1ccccc12. The normalized spacial score (nSPS) is 12.1. The zero-order valence-corrected chi connectivity index (χ0v) is 36.1. The van der Waals surface area contributed by atoms with E-state index in [1.165, 1.54) is 21.5 Å². The second kappa shape index (κ2) is 14.1. The Kier molecular flexibility index (Phi) is 7.65. The first-order chi connectivity index (χ1) is 33.7. The van der Waals surface area contributed by atoms with Crippen LogP contribution in [0.3, 0.4) is 0 Å². The predicted octanol–water partition coefficient (Wildman–Crippen LogP) is 16.5. The fourth-order valence-electron chi connectivity index (χ4n) is 10.6. The van der Waals surface area contributed by atoms with Gasteiger partial charge in [-0.1, -0.05) is 140 Å². The van der Waals surface area contributed by atoms with Gasteiger partial charge in [0, 0.05) is 70.9 Å². The third-order valence-corrected chi connectivity index (χ3v) is 13.7. The second-order valence-corrected chi connectivity index (χ2v) is 17.4. The maximum Gasteiger partial charge on any atom is 0.164 e. The molecule has 0 saturated carbocycles. The average molecular weight is 871 g/mol. The quantitative estimate of drug-likeness (QED) is 0.171. The van der Waals surface area contributed by atoms with Crippen molar-refractivity contribution in [2.75, 3.05) is 0 Å². The lowest BCUT2D eigenvalue weighted by Gasteiger charge is -2.17. The van der Waals surface area contributed by atoms with Crippen molar-refractivity contribution in [2.45, 2.75) is 0 Å². The number of hydrogen-bond acceptors (Lipinski definition) is 6. The predicted molar refractivity (Wildman–Crippen MR) is 275 cm³/mol. The Morgan fingerprint density at radius 3 is 1.51 bits per heavy atom. The Labute approximate surface area is 386 Å². The fourth-order valence-corrected chi connectivity index (χ4v) is 10.6. The van der Waals surface area contributed by atoms with Crippen LogP contribution in [0, 0.1) is 0 Å². The summed E-state index contributed by atoms with van der Waals surface area (Å²) in [5, 5.41) is 10.7. The molecule has 316 valence electrons. The first-order valence-electron chi connectivity index (χ1n) is 22.7. The molecule has 0 atom stereocenters. The summed E-state index contributed by atoms with van der Waals surface area (Å²) in [4.78, 5) is 16.2. The molecule has 0 aliphatic heterocycles. The Bertz CT molecular complexity index is 4460. The van der Waals surface area contributed by atoms with Crippen LogP contribution >= 0.6 is 0 Å². The summed E-state index contributed by atoms with van der Waals surface area (Å²) in [6.45, 7) is 0. The van der Waals surface area contributed by atoms with Gasteiger partial charge in [-0.25, -0.2) is 15.0 Å². The number of furan rings is 3. The summed E-state index contributed by atoms with van der Waals surface area (Å²) in [5.74, 6) is 1.59. The van der Waals surface area contributed by atoms with E-state index >= 15 is 0 Å². The minimum atomic E-state index is 0.525. The van der Waals surface area contributed by atoms with Gasteiger partial charge in [-0.05, 0) is 77.5 Å². The lowest BCUT2D eigenvalue weighted by molar-refractivity contribution is 0.668. The molecule has 0 spiro atoms. The third-order valence-electron chi connectivity index (χ3n) is 13.7. The molecule has 7 nitrogen and oxygen atoms in total. The Balaban J connectivity index is 1.04. The van der Waals surface area contributed by atoms with Crippen LogP contribution in [-0.2, 0) is 0 Å². The van der Waals surface area contributed by atoms with Crippen LogP contribution in [0.25, 0.3) is 149 Å². The molecule has 15 rings (SSSR count). The molecule has 7 heteroatoms. The first-order valence-corrected chi connectivity index (χ1v) is 22.7. The molecule has 68 heavy (non-hydrogen) atoms. The number of aromatic nitrogens is 4. The summed E-state index contributed by atoms with van der Waals surface area (Å²) in [7, 11) is 0. The number of hydrogen-bond donors (Lipinski definition) is 0. The number of para-hydroxylation sites is 5. The van der Waals surface area contributed by atoms with E-state index in [0.717, 1.165) is 110 Å². The van der Waals surface area contributed by atoms with Crippen LogP contribution in [0.4, 0.5) is 0 Å². The Morgan fingerprint density at radius 1 is 0.309 bits per heavy atom. The van der Waals surface area contributed by atoms with Crippen LogP contribution in [0.5, 0.6) is 0 Å². The first kappa shape index (κ1) is 36.9. The van der Waals surface area contributed by atoms with Gasteiger partial charge < -0.3 is 17.8 Å². The van der Waals surface area contributed by atoms with E-state index < -0.39 is 0 Å². The van der Waals surface area contributed by atoms with E-state index in [2.05, 4.69) is 138 Å². The highest BCUT2D eigenvalue weighted by Crippen LogP contribution is 2.44. The van der Waals surface area contributed by atoms with Gasteiger partial charge in [-0.3, -0.25) is 0 Å². The van der Waals surface area contributed by atoms with Crippen LogP contribution in [0.15, 0.2) is 220 Å². The van der Waals surface area contributed by atoms with Crippen molar-refractivity contribution in [3.8, 4) is 51.0 Å². The maximum atomic E-state index is 6.81. The molecular formula is C61H34N4O3. The van der Waals surface area contributed by atoms with Crippen molar-refractivity contribution in [3.05, 3.63) is 206 Å². The molecule has 5 heterocycles. The van der Waals surface area contributed by atoms with E-state index in [-0.39, 0.29) is 0 Å². The third kappa shape index (κ3) is 5.38. The highest BCUT2D eigenvalue weighted by atomic mass is 16.3. The Hall–Kier alpha value is -9.33. The summed E-state index contributed by atoms with van der Waals surface area (Å²) in [6.07, 6.45) is 0. The molecule has 0 unspecified atom stereocenters. The van der Waals surface area contributed by atoms with Crippen LogP contribution in [-0.4, -0.2) is 19.5 Å². The monoisotopic (exact) mass is 870 g/mol. The molecule has 10 aromatic carbocycles. The maximum absolute atomic E-state index is 6.81. The van der Waals surface area contributed by atoms with Crippen molar-refractivity contribution in [1.82, 2.24) is 19.5 Å². The van der Waals surface area contributed by atoms with Crippen molar-refractivity contribution < 1.29 is 13.3 Å². The average Bonchev–Trinajstić information content (AvgIpc) is 4.17. The van der Waals surface area contributed by atoms with Crippen LogP contribution in [0.2, 0.25) is 0 Å². The number of nitrogens with zero attached hydrogens (tertiary/aromatic N) is 4. The molecule has 0 bridgehead atoms. The van der Waals surface area contributed by atoms with Crippen molar-refractivity contribution in [3.63, 3.8) is 0 Å². The van der Waals surface area contributed by atoms with Gasteiger partial charge in [0.25, 0.3) is 0 Å². The van der Waals surface area contributed by atoms with Gasteiger partial charge in [0.05, 0.1) is 16.7 Å². The number of rotatable bonds is 5. The number of fused-ring (bicyclic) bond motifs is 13. The highest BCUT2D eigenvalue weighted by molar-refractivity contribution is 6.16. The zero-order chi connectivity index (χ0) is 44.5. The van der Waals surface area contributed by atoms with Crippen molar-refractivity contribution in [2.24, 2.45) is 0 Å². The summed E-state index contributed by atoms with van der Waals surface area (Å²) >= 11 is 0. The van der Waals surface area contributed by atoms with E-state index in [0.29, 0.717) is 17.5 Å². The van der Waals surface area contributed by atoms with Gasteiger partial charge in [0.15, 0.2) is 17.5 Å².